The van der Waals surface area contributed by atoms with Gasteiger partial charge in [0, 0.05) is 26.7 Å². The minimum Gasteiger partial charge on any atom is -0.495 e. The predicted molar refractivity (Wildman–Crippen MR) is 65.6 cm³/mol. The number of fused-ring (bicyclic) bond motifs is 1. The van der Waals surface area contributed by atoms with Crippen molar-refractivity contribution in [1.82, 2.24) is 0 Å². The van der Waals surface area contributed by atoms with Crippen molar-refractivity contribution in [2.45, 2.75) is 0 Å². The van der Waals surface area contributed by atoms with Crippen LogP contribution in [0.5, 0.6) is 5.75 Å². The van der Waals surface area contributed by atoms with Crippen LogP contribution in [0.2, 0.25) is 0 Å². The van der Waals surface area contributed by atoms with Crippen molar-refractivity contribution in [2.75, 3.05) is 50.7 Å². The van der Waals surface area contributed by atoms with Crippen LogP contribution in [0.3, 0.4) is 0 Å². The molecular formula is C12H18N2O2. The van der Waals surface area contributed by atoms with Crippen molar-refractivity contribution >= 4 is 11.4 Å². The van der Waals surface area contributed by atoms with Crippen molar-refractivity contribution < 1.29 is 9.47 Å². The van der Waals surface area contributed by atoms with E-state index in [9.17, 15) is 0 Å². The summed E-state index contributed by atoms with van der Waals surface area (Å²) in [5, 5.41) is 3.38. The van der Waals surface area contributed by atoms with Crippen molar-refractivity contribution in [3.8, 4) is 5.75 Å². The topological polar surface area (TPSA) is 33.7 Å². The molecule has 0 saturated heterocycles. The lowest BCUT2D eigenvalue weighted by Crippen LogP contribution is -2.36. The van der Waals surface area contributed by atoms with Crippen LogP contribution < -0.4 is 15.0 Å². The van der Waals surface area contributed by atoms with Crippen LogP contribution in [0.1, 0.15) is 0 Å². The largest absolute Gasteiger partial charge is 0.495 e. The van der Waals surface area contributed by atoms with E-state index >= 15 is 0 Å². The second kappa shape index (κ2) is 5.07. The van der Waals surface area contributed by atoms with E-state index in [0.717, 1.165) is 37.7 Å². The lowest BCUT2D eigenvalue weighted by molar-refractivity contribution is 0.205. The number of para-hydroxylation sites is 1. The molecule has 16 heavy (non-hydrogen) atoms. The molecule has 1 aliphatic rings. The molecule has 0 aromatic heterocycles. The molecule has 4 heteroatoms. The first-order valence-corrected chi connectivity index (χ1v) is 5.51. The third-order valence-corrected chi connectivity index (χ3v) is 2.81. The molecular weight excluding hydrogens is 204 g/mol. The standard InChI is InChI=1S/C12H18N2O2/c1-15-9-8-14-7-6-13-12-10(14)4-3-5-11(12)16-2/h3-5,13H,6-9H2,1-2H3. The highest BCUT2D eigenvalue weighted by molar-refractivity contribution is 5.78. The third kappa shape index (κ3) is 2.07. The average molecular weight is 222 g/mol. The first-order valence-electron chi connectivity index (χ1n) is 5.51. The fourth-order valence-electron chi connectivity index (χ4n) is 2.00. The zero-order valence-corrected chi connectivity index (χ0v) is 9.82. The van der Waals surface area contributed by atoms with Gasteiger partial charge in [-0.1, -0.05) is 6.07 Å². The van der Waals surface area contributed by atoms with Gasteiger partial charge in [-0.05, 0) is 12.1 Å². The van der Waals surface area contributed by atoms with Crippen LogP contribution >= 0.6 is 0 Å². The van der Waals surface area contributed by atoms with Crippen molar-refractivity contribution in [3.63, 3.8) is 0 Å². The van der Waals surface area contributed by atoms with Gasteiger partial charge < -0.3 is 19.7 Å². The monoisotopic (exact) mass is 222 g/mol. The van der Waals surface area contributed by atoms with Crippen LogP contribution in [-0.2, 0) is 4.74 Å². The summed E-state index contributed by atoms with van der Waals surface area (Å²) in [6.07, 6.45) is 0. The first-order chi connectivity index (χ1) is 7.86. The number of hydrogen-bond donors (Lipinski definition) is 1. The Morgan fingerprint density at radius 2 is 2.25 bits per heavy atom. The second-order valence-corrected chi connectivity index (χ2v) is 3.76. The minimum atomic E-state index is 0.747. The van der Waals surface area contributed by atoms with Gasteiger partial charge in [0.2, 0.25) is 0 Å². The summed E-state index contributed by atoms with van der Waals surface area (Å²) in [5.74, 6) is 0.902. The van der Waals surface area contributed by atoms with Gasteiger partial charge in [0.1, 0.15) is 11.4 Å². The molecule has 1 heterocycles. The molecule has 0 atom stereocenters. The van der Waals surface area contributed by atoms with E-state index < -0.39 is 0 Å². The van der Waals surface area contributed by atoms with Crippen LogP contribution in [-0.4, -0.2) is 40.5 Å². The van der Waals surface area contributed by atoms with Gasteiger partial charge in [-0.15, -0.1) is 0 Å². The van der Waals surface area contributed by atoms with Gasteiger partial charge in [0.25, 0.3) is 0 Å². The molecule has 0 saturated carbocycles. The lowest BCUT2D eigenvalue weighted by atomic mass is 10.2. The van der Waals surface area contributed by atoms with E-state index in [-0.39, 0.29) is 0 Å². The van der Waals surface area contributed by atoms with E-state index in [2.05, 4.69) is 16.3 Å². The summed E-state index contributed by atoms with van der Waals surface area (Å²) in [5.41, 5.74) is 2.29. The highest BCUT2D eigenvalue weighted by Crippen LogP contribution is 2.36. The molecule has 0 bridgehead atoms. The van der Waals surface area contributed by atoms with Crippen molar-refractivity contribution in [3.05, 3.63) is 18.2 Å². The predicted octanol–water partition coefficient (Wildman–Crippen LogP) is 1.57. The van der Waals surface area contributed by atoms with Gasteiger partial charge in [0.05, 0.1) is 19.4 Å². The van der Waals surface area contributed by atoms with E-state index in [1.54, 1.807) is 14.2 Å². The number of nitrogens with zero attached hydrogens (tertiary/aromatic N) is 1. The summed E-state index contributed by atoms with van der Waals surface area (Å²) < 4.78 is 10.5. The maximum atomic E-state index is 5.34. The Bertz CT molecular complexity index is 355. The molecule has 88 valence electrons. The summed E-state index contributed by atoms with van der Waals surface area (Å²) in [7, 11) is 3.43. The maximum absolute atomic E-state index is 5.34. The van der Waals surface area contributed by atoms with E-state index in [0.29, 0.717) is 0 Å². The van der Waals surface area contributed by atoms with E-state index in [1.165, 1.54) is 5.69 Å². The van der Waals surface area contributed by atoms with Gasteiger partial charge in [-0.25, -0.2) is 0 Å². The fraction of sp³-hybridized carbons (Fsp3) is 0.500. The molecule has 0 amide bonds. The van der Waals surface area contributed by atoms with Crippen LogP contribution in [0, 0.1) is 0 Å². The number of hydrogen-bond acceptors (Lipinski definition) is 4. The molecule has 1 aromatic rings. The number of benzene rings is 1. The lowest BCUT2D eigenvalue weighted by Gasteiger charge is -2.32. The quantitative estimate of drug-likeness (QED) is 0.838. The molecule has 0 radical (unpaired) electrons. The molecule has 2 rings (SSSR count). The summed E-state index contributed by atoms with van der Waals surface area (Å²) in [6.45, 7) is 3.61. The Kier molecular flexibility index (Phi) is 3.51. The molecule has 4 nitrogen and oxygen atoms in total. The fourth-order valence-corrected chi connectivity index (χ4v) is 2.00. The minimum absolute atomic E-state index is 0.747. The smallest absolute Gasteiger partial charge is 0.144 e. The number of rotatable bonds is 4. The molecule has 0 fully saturated rings. The first kappa shape index (κ1) is 11.1. The van der Waals surface area contributed by atoms with E-state index in [1.807, 2.05) is 12.1 Å². The number of ether oxygens (including phenoxy) is 2. The Balaban J connectivity index is 2.24. The zero-order valence-electron chi connectivity index (χ0n) is 9.82. The van der Waals surface area contributed by atoms with Crippen molar-refractivity contribution in [2.24, 2.45) is 0 Å². The molecule has 1 aliphatic heterocycles. The number of anilines is 2. The van der Waals surface area contributed by atoms with Crippen LogP contribution in [0.4, 0.5) is 11.4 Å². The summed E-state index contributed by atoms with van der Waals surface area (Å²) in [6, 6.07) is 6.11. The highest BCUT2D eigenvalue weighted by Gasteiger charge is 2.18. The highest BCUT2D eigenvalue weighted by atomic mass is 16.5. The Morgan fingerprint density at radius 1 is 1.38 bits per heavy atom. The second-order valence-electron chi connectivity index (χ2n) is 3.76. The van der Waals surface area contributed by atoms with Gasteiger partial charge in [0.15, 0.2) is 0 Å². The van der Waals surface area contributed by atoms with Gasteiger partial charge in [-0.2, -0.15) is 0 Å². The third-order valence-electron chi connectivity index (χ3n) is 2.81. The van der Waals surface area contributed by atoms with Crippen LogP contribution in [0.25, 0.3) is 0 Å². The average Bonchev–Trinajstić information content (AvgIpc) is 2.35. The normalized spacial score (nSPS) is 14.2. The molecule has 0 spiro atoms. The Hall–Kier alpha value is -1.42. The Labute approximate surface area is 96.2 Å². The van der Waals surface area contributed by atoms with Gasteiger partial charge >= 0.3 is 0 Å². The van der Waals surface area contributed by atoms with Crippen LogP contribution in [0.15, 0.2) is 18.2 Å². The molecule has 0 unspecified atom stereocenters. The number of nitrogens with one attached hydrogen (secondary N) is 1. The SMILES string of the molecule is COCCN1CCNc2c(OC)cccc21. The molecule has 1 N–H and O–H groups in total. The molecule has 0 aliphatic carbocycles. The van der Waals surface area contributed by atoms with Crippen molar-refractivity contribution in [1.29, 1.82) is 0 Å². The summed E-state index contributed by atoms with van der Waals surface area (Å²) >= 11 is 0. The van der Waals surface area contributed by atoms with Gasteiger partial charge in [-0.3, -0.25) is 0 Å². The van der Waals surface area contributed by atoms with E-state index in [4.69, 9.17) is 9.47 Å². The Morgan fingerprint density at radius 3 is 3.00 bits per heavy atom. The summed E-state index contributed by atoms with van der Waals surface area (Å²) in [4.78, 5) is 2.32. The number of methoxy groups -OCH3 is 2. The molecule has 1 aromatic carbocycles. The maximum Gasteiger partial charge on any atom is 0.144 e. The zero-order chi connectivity index (χ0) is 11.4.